The summed E-state index contributed by atoms with van der Waals surface area (Å²) in [6.07, 6.45) is -7.79. The van der Waals surface area contributed by atoms with Gasteiger partial charge in [-0.1, -0.05) is 27.7 Å². The van der Waals surface area contributed by atoms with Gasteiger partial charge in [-0.15, -0.1) is 0 Å². The summed E-state index contributed by atoms with van der Waals surface area (Å²) >= 11 is 0. The summed E-state index contributed by atoms with van der Waals surface area (Å²) in [7, 11) is 6.67. The van der Waals surface area contributed by atoms with Gasteiger partial charge in [-0.3, -0.25) is 19.2 Å². The summed E-state index contributed by atoms with van der Waals surface area (Å²) in [4.78, 5) is 68.6. The average molecular weight is 1090 g/mol. The summed E-state index contributed by atoms with van der Waals surface area (Å²) in [5.74, 6) is -7.45. The fourth-order valence-electron chi connectivity index (χ4n) is 11.8. The predicted molar refractivity (Wildman–Crippen MR) is 282 cm³/mol. The quantitative estimate of drug-likeness (QED) is 0.0994. The second-order valence-corrected chi connectivity index (χ2v) is 22.6. The average Bonchev–Trinajstić information content (AvgIpc) is 3.37. The minimum Gasteiger partial charge on any atom is -0.477 e. The number of methoxy groups -OCH3 is 2. The molecule has 3 aliphatic rings. The Morgan fingerprint density at radius 2 is 1.56 bits per heavy atom. The lowest BCUT2D eigenvalue weighted by atomic mass is 9.74. The highest BCUT2D eigenvalue weighted by Crippen LogP contribution is 2.42. The zero-order valence-electron chi connectivity index (χ0n) is 47.8. The molecule has 1 aromatic carbocycles. The largest absolute Gasteiger partial charge is 0.477 e. The van der Waals surface area contributed by atoms with Crippen molar-refractivity contribution >= 4 is 34.6 Å². The number of fused-ring (bicyclic) bond motifs is 1. The van der Waals surface area contributed by atoms with Crippen molar-refractivity contribution in [3.8, 4) is 0 Å². The number of nitrogens with zero attached hydrogens (tertiary/aromatic N) is 2. The van der Waals surface area contributed by atoms with Crippen LogP contribution < -0.4 is 10.7 Å². The molecule has 4 heterocycles. The lowest BCUT2D eigenvalue weighted by molar-refractivity contribution is -0.320. The topological polar surface area (TPSA) is 260 Å². The van der Waals surface area contributed by atoms with E-state index in [1.54, 1.807) is 59.1 Å². The molecule has 0 aliphatic carbocycles. The molecule has 2 aromatic rings. The van der Waals surface area contributed by atoms with Crippen molar-refractivity contribution in [2.24, 2.45) is 23.7 Å². The molecular weight excluding hydrogens is 1010 g/mol. The minimum absolute atomic E-state index is 0.00718. The van der Waals surface area contributed by atoms with Crippen LogP contribution in [0.2, 0.25) is 0 Å². The molecule has 5 rings (SSSR count). The molecule has 3 fully saturated rings. The fraction of sp³-hybridized carbons (Fsp3) is 0.768. The molecular formula is C56H88FN3O17. The molecule has 5 N–H and O–H groups in total. The Kier molecular flexibility index (Phi) is 22.0. The molecule has 0 bridgehead atoms. The first kappa shape index (κ1) is 63.8. The predicted octanol–water partition coefficient (Wildman–Crippen LogP) is 4.78. The van der Waals surface area contributed by atoms with Crippen LogP contribution in [0.25, 0.3) is 10.9 Å². The van der Waals surface area contributed by atoms with Crippen molar-refractivity contribution < 1.29 is 81.9 Å². The molecule has 77 heavy (non-hydrogen) atoms. The van der Waals surface area contributed by atoms with Gasteiger partial charge in [0.25, 0.3) is 0 Å². The molecule has 20 nitrogen and oxygen atoms in total. The van der Waals surface area contributed by atoms with Gasteiger partial charge >= 0.3 is 17.9 Å². The molecule has 3 saturated heterocycles. The number of aliphatic hydroxyl groups excluding tert-OH is 2. The summed E-state index contributed by atoms with van der Waals surface area (Å²) in [5, 5.41) is 47.9. The number of halogens is 1. The van der Waals surface area contributed by atoms with E-state index >= 15 is 4.39 Å². The van der Waals surface area contributed by atoms with E-state index in [9.17, 15) is 44.4 Å². The monoisotopic (exact) mass is 1090 g/mol. The number of rotatable bonds is 18. The second-order valence-electron chi connectivity index (χ2n) is 22.6. The molecule has 18 atom stereocenters. The highest BCUT2D eigenvalue weighted by molar-refractivity contribution is 5.92. The highest BCUT2D eigenvalue weighted by atomic mass is 19.1. The SMILES string of the molecule is CC[C@H]1OC(=O)[C@H](C)[C@@H](O[C@H]2C[C@@](C)(OC)[C@@H](OC(=O)CCNCCCc3cc4c(cc3F)c(=O)c(C(=O)O)cn4CC)[C@H](C)O2)[C@H](C)[C@@H](O[C@@H]2O[C@H](C)C[C@H](N(C)C)[C@H]2O)[C@](C)(OC)C[C@@H](C)C(=O)[C@H](C)[C@@H](O)[C@]1(C)O. The molecule has 3 aliphatic heterocycles. The Hall–Kier alpha value is -4.00. The van der Waals surface area contributed by atoms with E-state index in [-0.39, 0.29) is 55.5 Å². The Labute approximate surface area is 452 Å². The van der Waals surface area contributed by atoms with Gasteiger partial charge in [0.2, 0.25) is 5.43 Å². The number of Topliss-reactive ketones (excluding diaryl/α,β-unsaturated/α-hetero) is 1. The fourth-order valence-corrected chi connectivity index (χ4v) is 11.8. The number of aromatic nitrogens is 1. The molecule has 0 spiro atoms. The van der Waals surface area contributed by atoms with Crippen LogP contribution in [0.4, 0.5) is 4.39 Å². The van der Waals surface area contributed by atoms with Crippen molar-refractivity contribution in [3.63, 3.8) is 0 Å². The zero-order valence-corrected chi connectivity index (χ0v) is 47.8. The molecule has 0 saturated carbocycles. The minimum atomic E-state index is -2.04. The standard InChI is InChI=1S/C56H88FN3O17/c1-16-41-56(11,69)48(65)31(5)44(62)29(3)26-54(9,70-14)49(77-53-46(64)40(59(12)13)23-30(4)72-53)32(6)47(33(7)52(68)74-41)76-43-27-55(10,71-15)50(34(8)73-43)75-42(61)20-22-58-21-18-19-35-24-39-36(25-38(35)57)45(63)37(51(66)67)28-60(39)17-2/h24-25,28-34,40-41,43,46-50,53,58,64-65,69H,16-23,26-27H2,1-15H3,(H,66,67)/t29-,30-,31+,32+,33-,34+,40+,41-,43+,46-,47+,48-,49-,50+,53+,54-,55-,56-/m1/s1. The third kappa shape index (κ3) is 14.3. The van der Waals surface area contributed by atoms with Crippen LogP contribution in [0.3, 0.4) is 0 Å². The second kappa shape index (κ2) is 26.5. The van der Waals surface area contributed by atoms with Gasteiger partial charge in [0.1, 0.15) is 40.6 Å². The van der Waals surface area contributed by atoms with Crippen LogP contribution in [-0.2, 0) is 65.2 Å². The maximum atomic E-state index is 15.2. The first-order chi connectivity index (χ1) is 36.0. The molecule has 1 aromatic heterocycles. The van der Waals surface area contributed by atoms with Crippen LogP contribution in [0.1, 0.15) is 131 Å². The Balaban J connectivity index is 1.35. The number of carboxylic acids is 1. The summed E-state index contributed by atoms with van der Waals surface area (Å²) in [6.45, 7) is 19.7. The number of aliphatic hydroxyl groups is 3. The maximum Gasteiger partial charge on any atom is 0.341 e. The van der Waals surface area contributed by atoms with E-state index in [1.165, 1.54) is 34.3 Å². The van der Waals surface area contributed by atoms with Crippen molar-refractivity contribution in [2.45, 2.75) is 212 Å². The number of ketones is 1. The number of ether oxygens (including phenoxy) is 8. The Morgan fingerprint density at radius 1 is 0.909 bits per heavy atom. The molecule has 0 radical (unpaired) electrons. The van der Waals surface area contributed by atoms with Crippen LogP contribution in [0.15, 0.2) is 23.1 Å². The van der Waals surface area contributed by atoms with Gasteiger partial charge < -0.3 is 73.1 Å². The summed E-state index contributed by atoms with van der Waals surface area (Å²) in [5.41, 5.74) is -4.95. The van der Waals surface area contributed by atoms with Gasteiger partial charge in [-0.25, -0.2) is 9.18 Å². The Morgan fingerprint density at radius 3 is 2.16 bits per heavy atom. The third-order valence-corrected chi connectivity index (χ3v) is 16.6. The lowest BCUT2D eigenvalue weighted by Crippen LogP contribution is -2.61. The summed E-state index contributed by atoms with van der Waals surface area (Å²) < 4.78 is 68.0. The number of pyridine rings is 1. The first-order valence-corrected chi connectivity index (χ1v) is 27.2. The number of carbonyl (C=O) groups is 4. The summed E-state index contributed by atoms with van der Waals surface area (Å²) in [6, 6.07) is 2.31. The maximum absolute atomic E-state index is 15.2. The smallest absolute Gasteiger partial charge is 0.341 e. The van der Waals surface area contributed by atoms with E-state index in [0.717, 1.165) is 6.07 Å². The van der Waals surface area contributed by atoms with Gasteiger partial charge in [-0.05, 0) is 119 Å². The number of carbonyl (C=O) groups excluding carboxylic acids is 3. The van der Waals surface area contributed by atoms with Gasteiger partial charge in [-0.2, -0.15) is 0 Å². The normalized spacial score (nSPS) is 36.9. The lowest BCUT2D eigenvalue weighted by Gasteiger charge is -2.50. The van der Waals surface area contributed by atoms with Crippen LogP contribution in [0, 0.1) is 29.5 Å². The van der Waals surface area contributed by atoms with Gasteiger partial charge in [0.05, 0.1) is 54.0 Å². The first-order valence-electron chi connectivity index (χ1n) is 27.2. The van der Waals surface area contributed by atoms with Gasteiger partial charge in [0.15, 0.2) is 18.7 Å². The van der Waals surface area contributed by atoms with E-state index in [4.69, 9.17) is 37.9 Å². The molecule has 436 valence electrons. The van der Waals surface area contributed by atoms with Crippen molar-refractivity contribution in [3.05, 3.63) is 45.5 Å². The van der Waals surface area contributed by atoms with Crippen LogP contribution in [-0.4, -0.2) is 179 Å². The number of hydrogen-bond acceptors (Lipinski definition) is 18. The number of benzene rings is 1. The zero-order chi connectivity index (χ0) is 57.6. The number of esters is 2. The van der Waals surface area contributed by atoms with Crippen molar-refractivity contribution in [1.82, 2.24) is 14.8 Å². The Bertz CT molecular complexity index is 2420. The van der Waals surface area contributed by atoms with Crippen LogP contribution >= 0.6 is 0 Å². The van der Waals surface area contributed by atoms with E-state index in [1.807, 2.05) is 32.8 Å². The number of aryl methyl sites for hydroxylation is 2. The van der Waals surface area contributed by atoms with Crippen molar-refractivity contribution in [1.29, 1.82) is 0 Å². The number of carboxylic acid groups (broad SMARTS) is 1. The number of aromatic carboxylic acids is 1. The van der Waals surface area contributed by atoms with E-state index in [2.05, 4.69) is 5.32 Å². The third-order valence-electron chi connectivity index (χ3n) is 16.6. The number of cyclic esters (lactones) is 1. The number of nitrogens with one attached hydrogen (secondary N) is 1. The number of likely N-dealkylation sites (N-methyl/N-ethyl adjacent to an activating group) is 1. The van der Waals surface area contributed by atoms with Gasteiger partial charge in [0, 0.05) is 69.1 Å². The number of hydrogen-bond donors (Lipinski definition) is 5. The van der Waals surface area contributed by atoms with E-state index < -0.39 is 130 Å². The molecule has 0 amide bonds. The van der Waals surface area contributed by atoms with Crippen LogP contribution in [0.5, 0.6) is 0 Å². The van der Waals surface area contributed by atoms with E-state index in [0.29, 0.717) is 43.4 Å². The highest BCUT2D eigenvalue weighted by Gasteiger charge is 2.55. The molecule has 21 heteroatoms. The van der Waals surface area contributed by atoms with Crippen molar-refractivity contribution in [2.75, 3.05) is 41.4 Å². The molecule has 0 unspecified atom stereocenters.